The maximum Gasteiger partial charge on any atom is 0.266 e. The van der Waals surface area contributed by atoms with Crippen LogP contribution in [0.15, 0.2) is 47.5 Å². The number of halogens is 1. The second-order valence-electron chi connectivity index (χ2n) is 8.11. The molecule has 5 rings (SSSR count). The first kappa shape index (κ1) is 21.3. The normalized spacial score (nSPS) is 17.7. The lowest BCUT2D eigenvalue weighted by atomic mass is 10.1. The van der Waals surface area contributed by atoms with E-state index in [1.54, 1.807) is 24.5 Å². The van der Waals surface area contributed by atoms with Crippen molar-refractivity contribution < 1.29 is 4.39 Å². The number of hydrogen-bond donors (Lipinski definition) is 2. The number of rotatable bonds is 3. The number of benzene rings is 1. The molecule has 4 heterocycles. The van der Waals surface area contributed by atoms with Crippen molar-refractivity contribution in [2.75, 3.05) is 16.4 Å². The Bertz CT molecular complexity index is 1510. The van der Waals surface area contributed by atoms with Crippen LogP contribution in [0.25, 0.3) is 16.6 Å². The van der Waals surface area contributed by atoms with Crippen molar-refractivity contribution in [3.63, 3.8) is 0 Å². The maximum atomic E-state index is 14.0. The van der Waals surface area contributed by atoms with Gasteiger partial charge in [0.2, 0.25) is 5.95 Å². The Balaban J connectivity index is 1.80. The van der Waals surface area contributed by atoms with Crippen LogP contribution < -0.4 is 21.9 Å². The van der Waals surface area contributed by atoms with Crippen LogP contribution in [0, 0.1) is 17.1 Å². The number of nitrogen functional groups attached to an aromatic ring is 2. The summed E-state index contributed by atoms with van der Waals surface area (Å²) in [6.45, 7) is 1.98. The van der Waals surface area contributed by atoms with Gasteiger partial charge in [-0.25, -0.2) is 9.37 Å². The molecule has 170 valence electrons. The highest BCUT2D eigenvalue weighted by atomic mass is 19.1. The Labute approximate surface area is 193 Å². The molecule has 1 aliphatic heterocycles. The van der Waals surface area contributed by atoms with Crippen LogP contribution in [0.4, 0.5) is 22.0 Å². The van der Waals surface area contributed by atoms with Crippen LogP contribution in [0.1, 0.15) is 37.2 Å². The molecular formula is C23H20FN9O. The molecule has 0 aliphatic carbocycles. The molecule has 0 bridgehead atoms. The number of aromatic nitrogens is 5. The van der Waals surface area contributed by atoms with Crippen LogP contribution in [-0.2, 0) is 0 Å². The molecule has 34 heavy (non-hydrogen) atoms. The van der Waals surface area contributed by atoms with E-state index in [0.717, 1.165) is 6.42 Å². The molecule has 1 aliphatic rings. The van der Waals surface area contributed by atoms with Crippen molar-refractivity contribution in [2.45, 2.75) is 31.8 Å². The summed E-state index contributed by atoms with van der Waals surface area (Å²) in [7, 11) is 0. The number of hydrogen-bond acceptors (Lipinski definition) is 9. The molecule has 1 aromatic carbocycles. The minimum absolute atomic E-state index is 0.0190. The molecule has 11 heteroatoms. The zero-order valence-corrected chi connectivity index (χ0v) is 18.2. The molecule has 2 atom stereocenters. The number of anilines is 3. The quantitative estimate of drug-likeness (QED) is 0.472. The van der Waals surface area contributed by atoms with Gasteiger partial charge in [-0.15, -0.1) is 0 Å². The van der Waals surface area contributed by atoms with Crippen molar-refractivity contribution in [2.24, 2.45) is 0 Å². The fraction of sp³-hybridized carbons (Fsp3) is 0.217. The van der Waals surface area contributed by atoms with Crippen LogP contribution in [-0.4, -0.2) is 30.5 Å². The summed E-state index contributed by atoms with van der Waals surface area (Å²) in [5.74, 6) is 0.0961. The Kier molecular flexibility index (Phi) is 5.05. The molecular weight excluding hydrogens is 437 g/mol. The van der Waals surface area contributed by atoms with E-state index in [0.29, 0.717) is 23.4 Å². The van der Waals surface area contributed by atoms with Gasteiger partial charge in [-0.05, 0) is 50.1 Å². The number of nitrogens with two attached hydrogens (primary N) is 2. The Morgan fingerprint density at radius 3 is 2.74 bits per heavy atom. The SMILES string of the molecule is C[C@H]1CC[C@@H](c2nc3ccc(F)cc3c(=O)n2-c2cccnc2)N1c1nc(N)nc(N)c1C#N. The van der Waals surface area contributed by atoms with Gasteiger partial charge < -0.3 is 16.4 Å². The number of fused-ring (bicyclic) bond motifs is 1. The zero-order valence-electron chi connectivity index (χ0n) is 18.2. The summed E-state index contributed by atoms with van der Waals surface area (Å²) in [6.07, 6.45) is 4.50. The van der Waals surface area contributed by atoms with Gasteiger partial charge in [0.25, 0.3) is 5.56 Å². The van der Waals surface area contributed by atoms with Crippen molar-refractivity contribution >= 4 is 28.5 Å². The first-order chi connectivity index (χ1) is 16.4. The monoisotopic (exact) mass is 457 g/mol. The molecule has 0 spiro atoms. The van der Waals surface area contributed by atoms with E-state index in [2.05, 4.69) is 21.0 Å². The highest BCUT2D eigenvalue weighted by molar-refractivity contribution is 5.78. The summed E-state index contributed by atoms with van der Waals surface area (Å²) in [5.41, 5.74) is 12.4. The fourth-order valence-electron chi connectivity index (χ4n) is 4.51. The standard InChI is InChI=1S/C23H20FN9O/c1-12-4-7-18(32(12)20-16(10-25)19(26)30-23(27)31-20)21-29-17-6-5-13(24)9-15(17)22(34)33(21)14-3-2-8-28-11-14/h2-3,5-6,8-9,11-12,18H,4,7H2,1H3,(H4,26,27,30,31)/t12-,18-/m0/s1. The maximum absolute atomic E-state index is 14.0. The average molecular weight is 457 g/mol. The molecule has 0 amide bonds. The summed E-state index contributed by atoms with van der Waals surface area (Å²) in [5, 5.41) is 9.90. The fourth-order valence-corrected chi connectivity index (χ4v) is 4.51. The van der Waals surface area contributed by atoms with Crippen molar-refractivity contribution in [1.82, 2.24) is 24.5 Å². The molecule has 0 saturated carbocycles. The van der Waals surface area contributed by atoms with Crippen molar-refractivity contribution in [3.8, 4) is 11.8 Å². The summed E-state index contributed by atoms with van der Waals surface area (Å²) >= 11 is 0. The third-order valence-corrected chi connectivity index (χ3v) is 6.02. The van der Waals surface area contributed by atoms with Crippen LogP contribution in [0.5, 0.6) is 0 Å². The predicted octanol–water partition coefficient (Wildman–Crippen LogP) is 2.48. The van der Waals surface area contributed by atoms with Gasteiger partial charge in [-0.1, -0.05) is 0 Å². The van der Waals surface area contributed by atoms with E-state index in [1.807, 2.05) is 11.8 Å². The van der Waals surface area contributed by atoms with Crippen molar-refractivity contribution in [3.05, 3.63) is 70.3 Å². The molecule has 4 N–H and O–H groups in total. The van der Waals surface area contributed by atoms with Gasteiger partial charge in [0.15, 0.2) is 5.82 Å². The van der Waals surface area contributed by atoms with Gasteiger partial charge in [0.1, 0.15) is 29.1 Å². The minimum Gasteiger partial charge on any atom is -0.382 e. The lowest BCUT2D eigenvalue weighted by molar-refractivity contribution is 0.613. The van der Waals surface area contributed by atoms with E-state index in [1.165, 1.54) is 22.8 Å². The molecule has 1 fully saturated rings. The van der Waals surface area contributed by atoms with Crippen molar-refractivity contribution in [1.29, 1.82) is 5.26 Å². The number of nitrogens with zero attached hydrogens (tertiary/aromatic N) is 7. The van der Waals surface area contributed by atoms with Crippen LogP contribution in [0.2, 0.25) is 0 Å². The predicted molar refractivity (Wildman–Crippen MR) is 125 cm³/mol. The third kappa shape index (κ3) is 3.36. The third-order valence-electron chi connectivity index (χ3n) is 6.02. The van der Waals surface area contributed by atoms with E-state index in [4.69, 9.17) is 16.5 Å². The highest BCUT2D eigenvalue weighted by Gasteiger charge is 2.38. The first-order valence-electron chi connectivity index (χ1n) is 10.6. The Morgan fingerprint density at radius 2 is 2.00 bits per heavy atom. The molecule has 3 aromatic heterocycles. The van der Waals surface area contributed by atoms with Gasteiger partial charge in [-0.3, -0.25) is 14.3 Å². The molecule has 1 saturated heterocycles. The molecule has 0 unspecified atom stereocenters. The lowest BCUT2D eigenvalue weighted by Crippen LogP contribution is -2.36. The molecule has 0 radical (unpaired) electrons. The average Bonchev–Trinajstić information content (AvgIpc) is 3.20. The Hall–Kier alpha value is -4.59. The molecule has 10 nitrogen and oxygen atoms in total. The minimum atomic E-state index is -0.529. The molecule has 4 aromatic rings. The van der Waals surface area contributed by atoms with E-state index in [9.17, 15) is 14.4 Å². The highest BCUT2D eigenvalue weighted by Crippen LogP contribution is 2.41. The lowest BCUT2D eigenvalue weighted by Gasteiger charge is -2.31. The second kappa shape index (κ2) is 8.08. The van der Waals surface area contributed by atoms with E-state index >= 15 is 0 Å². The van der Waals surface area contributed by atoms with Crippen LogP contribution in [0.3, 0.4) is 0 Å². The van der Waals surface area contributed by atoms with Crippen LogP contribution >= 0.6 is 0 Å². The van der Waals surface area contributed by atoms with Gasteiger partial charge in [0.05, 0.1) is 28.8 Å². The van der Waals surface area contributed by atoms with E-state index in [-0.39, 0.29) is 34.6 Å². The zero-order chi connectivity index (χ0) is 24.0. The summed E-state index contributed by atoms with van der Waals surface area (Å²) < 4.78 is 15.4. The summed E-state index contributed by atoms with van der Waals surface area (Å²) in [6, 6.07) is 8.92. The largest absolute Gasteiger partial charge is 0.382 e. The first-order valence-corrected chi connectivity index (χ1v) is 10.6. The number of pyridine rings is 1. The second-order valence-corrected chi connectivity index (χ2v) is 8.11. The van der Waals surface area contributed by atoms with Gasteiger partial charge >= 0.3 is 0 Å². The Morgan fingerprint density at radius 1 is 1.18 bits per heavy atom. The van der Waals surface area contributed by atoms with Gasteiger partial charge in [-0.2, -0.15) is 15.2 Å². The summed E-state index contributed by atoms with van der Waals surface area (Å²) in [4.78, 5) is 32.7. The smallest absolute Gasteiger partial charge is 0.266 e. The number of nitriles is 1. The van der Waals surface area contributed by atoms with Gasteiger partial charge in [0, 0.05) is 12.2 Å². The topological polar surface area (TPSA) is 153 Å². The van der Waals surface area contributed by atoms with E-state index < -0.39 is 17.4 Å².